The van der Waals surface area contributed by atoms with Crippen molar-refractivity contribution in [2.24, 2.45) is 7.05 Å². The predicted octanol–water partition coefficient (Wildman–Crippen LogP) is 2.12. The summed E-state index contributed by atoms with van der Waals surface area (Å²) in [6, 6.07) is 5.48. The van der Waals surface area contributed by atoms with E-state index in [9.17, 15) is 14.4 Å². The maximum absolute atomic E-state index is 12.6. The maximum Gasteiger partial charge on any atom is 0.254 e. The largest absolute Gasteiger partial charge is 0.496 e. The van der Waals surface area contributed by atoms with Gasteiger partial charge < -0.3 is 15.0 Å². The van der Waals surface area contributed by atoms with Gasteiger partial charge in [-0.25, -0.2) is 0 Å². The summed E-state index contributed by atoms with van der Waals surface area (Å²) in [4.78, 5) is 39.1. The molecule has 0 spiro atoms. The molecular formula is C22H28N4O4. The van der Waals surface area contributed by atoms with Crippen LogP contribution in [0.2, 0.25) is 0 Å². The van der Waals surface area contributed by atoms with Gasteiger partial charge in [0.15, 0.2) is 5.78 Å². The Balaban J connectivity index is 1.46. The van der Waals surface area contributed by atoms with E-state index in [0.29, 0.717) is 42.8 Å². The highest BCUT2D eigenvalue weighted by molar-refractivity contribution is 6.00. The number of piperidine rings is 1. The summed E-state index contributed by atoms with van der Waals surface area (Å²) < 4.78 is 6.85. The van der Waals surface area contributed by atoms with Crippen molar-refractivity contribution in [2.45, 2.75) is 38.6 Å². The van der Waals surface area contributed by atoms with Gasteiger partial charge in [0.05, 0.1) is 24.4 Å². The number of likely N-dealkylation sites (tertiary alicyclic amines) is 1. The van der Waals surface area contributed by atoms with E-state index in [1.807, 2.05) is 13.0 Å². The summed E-state index contributed by atoms with van der Waals surface area (Å²) in [6.07, 6.45) is 4.91. The molecule has 0 saturated carbocycles. The Morgan fingerprint density at radius 2 is 1.93 bits per heavy atom. The molecule has 8 heteroatoms. The van der Waals surface area contributed by atoms with E-state index in [2.05, 4.69) is 10.4 Å². The predicted molar refractivity (Wildman–Crippen MR) is 112 cm³/mol. The van der Waals surface area contributed by atoms with Crippen LogP contribution in [0.4, 0.5) is 0 Å². The fraction of sp³-hybridized carbons (Fsp3) is 0.455. The van der Waals surface area contributed by atoms with Crippen LogP contribution in [0.25, 0.3) is 0 Å². The zero-order valence-corrected chi connectivity index (χ0v) is 17.7. The van der Waals surface area contributed by atoms with Crippen LogP contribution in [-0.4, -0.2) is 58.5 Å². The minimum Gasteiger partial charge on any atom is -0.496 e. The number of aryl methyl sites for hydroxylation is 2. The van der Waals surface area contributed by atoms with Crippen LogP contribution in [0.5, 0.6) is 5.75 Å². The van der Waals surface area contributed by atoms with Gasteiger partial charge in [-0.3, -0.25) is 19.1 Å². The van der Waals surface area contributed by atoms with E-state index in [1.54, 1.807) is 35.0 Å². The standard InChI is InChI=1S/C22H28N4O4/c1-15-4-6-20(30-3)18(12-15)19(27)5-7-21(28)26-10-8-17(9-11-26)24-22(29)16-13-23-25(2)14-16/h4,6,12-14,17H,5,7-11H2,1-3H3,(H,24,29). The summed E-state index contributed by atoms with van der Waals surface area (Å²) in [6.45, 7) is 3.05. The molecule has 0 unspecified atom stereocenters. The zero-order chi connectivity index (χ0) is 21.7. The average molecular weight is 412 g/mol. The SMILES string of the molecule is COc1ccc(C)cc1C(=O)CCC(=O)N1CCC(NC(=O)c2cnn(C)c2)CC1. The number of nitrogens with zero attached hydrogens (tertiary/aromatic N) is 3. The van der Waals surface area contributed by atoms with Crippen LogP contribution >= 0.6 is 0 Å². The minimum absolute atomic E-state index is 0.0277. The Hall–Kier alpha value is -3.16. The van der Waals surface area contributed by atoms with Crippen molar-refractivity contribution < 1.29 is 19.1 Å². The van der Waals surface area contributed by atoms with E-state index >= 15 is 0 Å². The van der Waals surface area contributed by atoms with Crippen LogP contribution in [0.15, 0.2) is 30.6 Å². The second kappa shape index (κ2) is 9.56. The van der Waals surface area contributed by atoms with Crippen molar-refractivity contribution >= 4 is 17.6 Å². The topological polar surface area (TPSA) is 93.5 Å². The third kappa shape index (κ3) is 5.25. The lowest BCUT2D eigenvalue weighted by molar-refractivity contribution is -0.132. The second-order valence-corrected chi connectivity index (χ2v) is 7.66. The molecule has 0 aliphatic carbocycles. The van der Waals surface area contributed by atoms with Crippen LogP contribution < -0.4 is 10.1 Å². The molecular weight excluding hydrogens is 384 g/mol. The first-order chi connectivity index (χ1) is 14.4. The zero-order valence-electron chi connectivity index (χ0n) is 17.7. The number of carbonyl (C=O) groups excluding carboxylic acids is 3. The summed E-state index contributed by atoms with van der Waals surface area (Å²) >= 11 is 0. The molecule has 3 rings (SSSR count). The van der Waals surface area contributed by atoms with Gasteiger partial charge in [-0.05, 0) is 31.9 Å². The molecule has 1 aromatic heterocycles. The molecule has 1 aromatic carbocycles. The summed E-state index contributed by atoms with van der Waals surface area (Å²) in [5, 5.41) is 7.01. The quantitative estimate of drug-likeness (QED) is 0.703. The first-order valence-electron chi connectivity index (χ1n) is 10.1. The second-order valence-electron chi connectivity index (χ2n) is 7.66. The number of hydrogen-bond acceptors (Lipinski definition) is 5. The number of carbonyl (C=O) groups is 3. The summed E-state index contributed by atoms with van der Waals surface area (Å²) in [7, 11) is 3.30. The highest BCUT2D eigenvalue weighted by atomic mass is 16.5. The van der Waals surface area contributed by atoms with Gasteiger partial charge in [-0.2, -0.15) is 5.10 Å². The maximum atomic E-state index is 12.6. The Morgan fingerprint density at radius 1 is 1.20 bits per heavy atom. The number of amides is 2. The van der Waals surface area contributed by atoms with E-state index < -0.39 is 0 Å². The van der Waals surface area contributed by atoms with Gasteiger partial charge in [0.2, 0.25) is 5.91 Å². The molecule has 30 heavy (non-hydrogen) atoms. The lowest BCUT2D eigenvalue weighted by Crippen LogP contribution is -2.46. The van der Waals surface area contributed by atoms with Crippen LogP contribution in [0.1, 0.15) is 52.0 Å². The molecule has 1 aliphatic heterocycles. The van der Waals surface area contributed by atoms with E-state index in [0.717, 1.165) is 5.56 Å². The Bertz CT molecular complexity index is 929. The van der Waals surface area contributed by atoms with Crippen molar-refractivity contribution in [1.29, 1.82) is 0 Å². The smallest absolute Gasteiger partial charge is 0.254 e. The lowest BCUT2D eigenvalue weighted by atomic mass is 10.0. The molecule has 0 atom stereocenters. The van der Waals surface area contributed by atoms with Gasteiger partial charge in [-0.1, -0.05) is 11.6 Å². The number of Topliss-reactive ketones (excluding diaryl/α,β-unsaturated/α-hetero) is 1. The number of hydrogen-bond donors (Lipinski definition) is 1. The minimum atomic E-state index is -0.148. The number of benzene rings is 1. The molecule has 2 amide bonds. The van der Waals surface area contributed by atoms with Crippen LogP contribution in [-0.2, 0) is 11.8 Å². The summed E-state index contributed by atoms with van der Waals surface area (Å²) in [5.41, 5.74) is 2.02. The van der Waals surface area contributed by atoms with Crippen molar-refractivity contribution in [1.82, 2.24) is 20.0 Å². The molecule has 1 fully saturated rings. The van der Waals surface area contributed by atoms with Crippen molar-refractivity contribution in [3.05, 3.63) is 47.3 Å². The molecule has 8 nitrogen and oxygen atoms in total. The number of nitrogens with one attached hydrogen (secondary N) is 1. The van der Waals surface area contributed by atoms with E-state index in [-0.39, 0.29) is 36.5 Å². The highest BCUT2D eigenvalue weighted by Crippen LogP contribution is 2.22. The number of aromatic nitrogens is 2. The van der Waals surface area contributed by atoms with Crippen molar-refractivity contribution in [3.8, 4) is 5.75 Å². The van der Waals surface area contributed by atoms with Gasteiger partial charge in [-0.15, -0.1) is 0 Å². The number of ether oxygens (including phenoxy) is 1. The van der Waals surface area contributed by atoms with Crippen LogP contribution in [0, 0.1) is 6.92 Å². The normalized spacial score (nSPS) is 14.4. The Morgan fingerprint density at radius 3 is 2.57 bits per heavy atom. The first-order valence-corrected chi connectivity index (χ1v) is 10.1. The first kappa shape index (κ1) is 21.5. The molecule has 1 N–H and O–H groups in total. The fourth-order valence-corrected chi connectivity index (χ4v) is 3.63. The number of ketones is 1. The molecule has 0 radical (unpaired) electrons. The van der Waals surface area contributed by atoms with Gasteiger partial charge in [0.1, 0.15) is 5.75 Å². The van der Waals surface area contributed by atoms with Gasteiger partial charge in [0, 0.05) is 45.2 Å². The number of methoxy groups -OCH3 is 1. The van der Waals surface area contributed by atoms with E-state index in [1.165, 1.54) is 13.3 Å². The highest BCUT2D eigenvalue weighted by Gasteiger charge is 2.25. The third-order valence-corrected chi connectivity index (χ3v) is 5.37. The molecule has 2 aromatic rings. The summed E-state index contributed by atoms with van der Waals surface area (Å²) in [5.74, 6) is 0.253. The fourth-order valence-electron chi connectivity index (χ4n) is 3.63. The van der Waals surface area contributed by atoms with Gasteiger partial charge in [0.25, 0.3) is 5.91 Å². The monoisotopic (exact) mass is 412 g/mol. The van der Waals surface area contributed by atoms with Crippen LogP contribution in [0.3, 0.4) is 0 Å². The molecule has 1 aliphatic rings. The molecule has 1 saturated heterocycles. The van der Waals surface area contributed by atoms with Crippen molar-refractivity contribution in [3.63, 3.8) is 0 Å². The van der Waals surface area contributed by atoms with Crippen molar-refractivity contribution in [2.75, 3.05) is 20.2 Å². The molecule has 160 valence electrons. The Labute approximate surface area is 176 Å². The van der Waals surface area contributed by atoms with Gasteiger partial charge >= 0.3 is 0 Å². The average Bonchev–Trinajstić information content (AvgIpc) is 3.18. The Kier molecular flexibility index (Phi) is 6.87. The molecule has 0 bridgehead atoms. The third-order valence-electron chi connectivity index (χ3n) is 5.37. The molecule has 2 heterocycles. The van der Waals surface area contributed by atoms with E-state index in [4.69, 9.17) is 4.74 Å². The number of rotatable bonds is 7. The lowest BCUT2D eigenvalue weighted by Gasteiger charge is -2.32.